The van der Waals surface area contributed by atoms with Crippen LogP contribution in [0.15, 0.2) is 47.4 Å². The van der Waals surface area contributed by atoms with Gasteiger partial charge < -0.3 is 25.4 Å². The summed E-state index contributed by atoms with van der Waals surface area (Å²) in [4.78, 5) is 39.9. The lowest BCUT2D eigenvalue weighted by atomic mass is 9.96. The van der Waals surface area contributed by atoms with E-state index in [2.05, 4.69) is 15.4 Å². The third-order valence-electron chi connectivity index (χ3n) is 6.40. The van der Waals surface area contributed by atoms with Crippen molar-refractivity contribution in [2.45, 2.75) is 58.3 Å². The van der Waals surface area contributed by atoms with E-state index in [0.717, 1.165) is 21.9 Å². The van der Waals surface area contributed by atoms with E-state index in [1.807, 2.05) is 6.07 Å². The standard InChI is InChI=1S/C26H37N4O10PS/c1-17(32)28-20-10-11-30(24(35)29-20)22-26(4,36)21(33)19(40-22)15-39-41(37,27-14-18-8-6-5-7-9-18)38-12-13-42-23(34)25(2,3)16-31/h5-11,19,21-22,31,33,36H,12-16H2,1-4H3,(H,27,37)(H,28,29,32,35)/t19-,21-,22-,26-,41?/m1/s1. The van der Waals surface area contributed by atoms with Gasteiger partial charge in [0.05, 0.1) is 25.2 Å². The van der Waals surface area contributed by atoms with Crippen molar-refractivity contribution < 1.29 is 43.3 Å². The number of hydrogen-bond acceptors (Lipinski definition) is 12. The minimum absolute atomic E-state index is 0.00388. The molecule has 0 bridgehead atoms. The first kappa shape index (κ1) is 34.0. The van der Waals surface area contributed by atoms with Crippen LogP contribution in [0.2, 0.25) is 0 Å². The van der Waals surface area contributed by atoms with Crippen LogP contribution in [0, 0.1) is 5.41 Å². The molecule has 1 fully saturated rings. The van der Waals surface area contributed by atoms with Crippen molar-refractivity contribution in [2.75, 3.05) is 30.9 Å². The lowest BCUT2D eigenvalue weighted by Crippen LogP contribution is -2.46. The zero-order chi connectivity index (χ0) is 31.1. The molecule has 42 heavy (non-hydrogen) atoms. The second kappa shape index (κ2) is 14.3. The van der Waals surface area contributed by atoms with E-state index in [0.29, 0.717) is 0 Å². The molecule has 5 N–H and O–H groups in total. The lowest BCUT2D eigenvalue weighted by molar-refractivity contribution is -0.120. The number of thioether (sulfide) groups is 1. The molecule has 1 aliphatic rings. The highest BCUT2D eigenvalue weighted by molar-refractivity contribution is 8.13. The van der Waals surface area contributed by atoms with E-state index >= 15 is 0 Å². The Labute approximate surface area is 247 Å². The number of nitrogens with one attached hydrogen (secondary N) is 2. The smallest absolute Gasteiger partial charge is 0.395 e. The van der Waals surface area contributed by atoms with Gasteiger partial charge in [-0.2, -0.15) is 4.98 Å². The van der Waals surface area contributed by atoms with Crippen molar-refractivity contribution in [3.63, 3.8) is 0 Å². The van der Waals surface area contributed by atoms with Crippen molar-refractivity contribution >= 4 is 36.3 Å². The molecule has 3 rings (SSSR count). The first-order valence-electron chi connectivity index (χ1n) is 13.1. The molecule has 1 aromatic heterocycles. The SMILES string of the molecule is CC(=O)Nc1ccn([C@@H]2O[C@H](COP(=O)(NCc3ccccc3)OCCSC(=O)C(C)(C)CO)[C@@H](O)[C@@]2(C)O)c(=O)n1. The Hall–Kier alpha value is -2.46. The van der Waals surface area contributed by atoms with Gasteiger partial charge in [-0.25, -0.2) is 14.4 Å². The molecule has 0 saturated carbocycles. The molecule has 1 aliphatic heterocycles. The van der Waals surface area contributed by atoms with Crippen molar-refractivity contribution in [3.05, 3.63) is 58.6 Å². The van der Waals surface area contributed by atoms with Crippen molar-refractivity contribution in [1.29, 1.82) is 0 Å². The number of aromatic nitrogens is 2. The highest BCUT2D eigenvalue weighted by Crippen LogP contribution is 2.46. The largest absolute Gasteiger partial charge is 0.405 e. The topological polar surface area (TPSA) is 199 Å². The third-order valence-corrected chi connectivity index (χ3v) is 9.14. The summed E-state index contributed by atoms with van der Waals surface area (Å²) in [6.45, 7) is 4.88. The lowest BCUT2D eigenvalue weighted by Gasteiger charge is -2.27. The number of aliphatic hydroxyl groups excluding tert-OH is 2. The molecule has 16 heteroatoms. The second-order valence-corrected chi connectivity index (χ2v) is 13.4. The molecule has 0 radical (unpaired) electrons. The summed E-state index contributed by atoms with van der Waals surface area (Å²) in [5.74, 6) is -0.292. The highest BCUT2D eigenvalue weighted by Gasteiger charge is 2.54. The molecule has 232 valence electrons. The fraction of sp³-hybridized carbons (Fsp3) is 0.538. The monoisotopic (exact) mass is 628 g/mol. The Morgan fingerprint density at radius 2 is 1.93 bits per heavy atom. The van der Waals surface area contributed by atoms with E-state index in [-0.39, 0.29) is 36.4 Å². The first-order valence-corrected chi connectivity index (χ1v) is 15.6. The van der Waals surface area contributed by atoms with E-state index in [4.69, 9.17) is 13.8 Å². The number of carbonyl (C=O) groups is 2. The number of ether oxygens (including phenoxy) is 1. The minimum atomic E-state index is -4.05. The first-order chi connectivity index (χ1) is 19.7. The fourth-order valence-corrected chi connectivity index (χ4v) is 6.09. The van der Waals surface area contributed by atoms with Crippen molar-refractivity contribution in [3.8, 4) is 0 Å². The minimum Gasteiger partial charge on any atom is -0.395 e. The Morgan fingerprint density at radius 1 is 1.24 bits per heavy atom. The van der Waals surface area contributed by atoms with Gasteiger partial charge in [0.25, 0.3) is 0 Å². The van der Waals surface area contributed by atoms with E-state index in [1.54, 1.807) is 38.1 Å². The third kappa shape index (κ3) is 8.78. The van der Waals surface area contributed by atoms with Gasteiger partial charge in [0.1, 0.15) is 23.6 Å². The normalized spacial score (nSPS) is 23.8. The Bertz CT molecular complexity index is 1340. The average Bonchev–Trinajstić information content (AvgIpc) is 3.17. The number of aliphatic hydroxyl groups is 3. The fourth-order valence-electron chi connectivity index (χ4n) is 3.85. The van der Waals surface area contributed by atoms with E-state index < -0.39 is 55.4 Å². The van der Waals surface area contributed by atoms with Crippen LogP contribution in [0.4, 0.5) is 5.82 Å². The van der Waals surface area contributed by atoms with Crippen LogP contribution in [0.25, 0.3) is 0 Å². The summed E-state index contributed by atoms with van der Waals surface area (Å²) in [5, 5.41) is 36.1. The summed E-state index contributed by atoms with van der Waals surface area (Å²) in [6, 6.07) is 10.4. The molecule has 1 aromatic carbocycles. The molecule has 0 aliphatic carbocycles. The van der Waals surface area contributed by atoms with Crippen LogP contribution >= 0.6 is 19.5 Å². The Balaban J connectivity index is 1.70. The van der Waals surface area contributed by atoms with Gasteiger partial charge in [-0.3, -0.25) is 23.2 Å². The second-order valence-electron chi connectivity index (χ2n) is 10.5. The van der Waals surface area contributed by atoms with Crippen LogP contribution in [0.3, 0.4) is 0 Å². The van der Waals surface area contributed by atoms with Crippen LogP contribution in [0.1, 0.15) is 39.5 Å². The molecular weight excluding hydrogens is 591 g/mol. The Kier molecular flexibility index (Phi) is 11.6. The molecule has 2 aromatic rings. The summed E-state index contributed by atoms with van der Waals surface area (Å²) in [7, 11) is -4.05. The number of carbonyl (C=O) groups excluding carboxylic acids is 2. The number of rotatable bonds is 14. The summed E-state index contributed by atoms with van der Waals surface area (Å²) in [5.41, 5.74) is -2.99. The number of nitrogens with zero attached hydrogens (tertiary/aromatic N) is 2. The van der Waals surface area contributed by atoms with Gasteiger partial charge in [0.2, 0.25) is 5.91 Å². The maximum atomic E-state index is 13.7. The van der Waals surface area contributed by atoms with Gasteiger partial charge in [-0.1, -0.05) is 42.1 Å². The van der Waals surface area contributed by atoms with Crippen LogP contribution in [-0.4, -0.2) is 79.3 Å². The predicted molar refractivity (Wildman–Crippen MR) is 154 cm³/mol. The van der Waals surface area contributed by atoms with Crippen LogP contribution < -0.4 is 16.1 Å². The van der Waals surface area contributed by atoms with Crippen molar-refractivity contribution in [2.24, 2.45) is 5.41 Å². The van der Waals surface area contributed by atoms with Crippen LogP contribution in [0.5, 0.6) is 0 Å². The molecular formula is C26H37N4O10PS. The molecule has 0 spiro atoms. The summed E-state index contributed by atoms with van der Waals surface area (Å²) >= 11 is 0.922. The number of anilines is 1. The molecule has 1 amide bonds. The highest BCUT2D eigenvalue weighted by atomic mass is 32.2. The van der Waals surface area contributed by atoms with Gasteiger partial charge in [-0.05, 0) is 32.4 Å². The maximum Gasteiger partial charge on any atom is 0.405 e. The van der Waals surface area contributed by atoms with Gasteiger partial charge in [0.15, 0.2) is 11.3 Å². The van der Waals surface area contributed by atoms with E-state index in [9.17, 15) is 34.3 Å². The zero-order valence-electron chi connectivity index (χ0n) is 23.8. The average molecular weight is 629 g/mol. The van der Waals surface area contributed by atoms with Gasteiger partial charge in [0, 0.05) is 25.4 Å². The predicted octanol–water partition coefficient (Wildman–Crippen LogP) is 1.42. The maximum absolute atomic E-state index is 13.7. The van der Waals surface area contributed by atoms with Gasteiger partial charge in [-0.15, -0.1) is 0 Å². The molecule has 2 heterocycles. The molecule has 1 saturated heterocycles. The summed E-state index contributed by atoms with van der Waals surface area (Å²) < 4.78 is 31.6. The van der Waals surface area contributed by atoms with E-state index in [1.165, 1.54) is 26.1 Å². The number of hydrogen-bond donors (Lipinski definition) is 5. The van der Waals surface area contributed by atoms with Gasteiger partial charge >= 0.3 is 13.4 Å². The molecule has 1 unspecified atom stereocenters. The van der Waals surface area contributed by atoms with Crippen molar-refractivity contribution in [1.82, 2.24) is 14.6 Å². The molecule has 14 nitrogen and oxygen atoms in total. The quantitative estimate of drug-likeness (QED) is 0.149. The Morgan fingerprint density at radius 3 is 2.55 bits per heavy atom. The molecule has 5 atom stereocenters. The van der Waals surface area contributed by atoms with Crippen LogP contribution in [-0.2, 0) is 34.5 Å². The summed E-state index contributed by atoms with van der Waals surface area (Å²) in [6.07, 6.45) is -2.94. The number of amides is 1. The zero-order valence-corrected chi connectivity index (χ0v) is 25.5. The number of benzene rings is 1.